The van der Waals surface area contributed by atoms with Gasteiger partial charge in [0.05, 0.1) is 6.10 Å². The van der Waals surface area contributed by atoms with E-state index in [0.29, 0.717) is 6.04 Å². The second kappa shape index (κ2) is 7.11. The molecule has 0 radical (unpaired) electrons. The highest BCUT2D eigenvalue weighted by Crippen LogP contribution is 2.18. The lowest BCUT2D eigenvalue weighted by molar-refractivity contribution is 0.242. The highest BCUT2D eigenvalue weighted by molar-refractivity contribution is 5.29. The van der Waals surface area contributed by atoms with Crippen molar-refractivity contribution in [3.63, 3.8) is 0 Å². The van der Waals surface area contributed by atoms with Crippen molar-refractivity contribution in [3.8, 4) is 5.75 Å². The third-order valence-corrected chi connectivity index (χ3v) is 3.21. The molecule has 0 saturated heterocycles. The van der Waals surface area contributed by atoms with Crippen molar-refractivity contribution in [2.45, 2.75) is 39.5 Å². The Bertz CT molecular complexity index is 505. The van der Waals surface area contributed by atoms with Gasteiger partial charge in [0, 0.05) is 12.6 Å². The molecule has 0 aromatic heterocycles. The van der Waals surface area contributed by atoms with E-state index in [1.807, 2.05) is 32.0 Å². The first-order chi connectivity index (χ1) is 9.65. The molecule has 0 aliphatic heterocycles. The van der Waals surface area contributed by atoms with E-state index in [4.69, 9.17) is 4.74 Å². The largest absolute Gasteiger partial charge is 0.491 e. The zero-order chi connectivity index (χ0) is 14.4. The van der Waals surface area contributed by atoms with Gasteiger partial charge in [-0.05, 0) is 44.0 Å². The average molecular weight is 269 g/mol. The van der Waals surface area contributed by atoms with Crippen LogP contribution in [0.2, 0.25) is 0 Å². The van der Waals surface area contributed by atoms with E-state index in [1.54, 1.807) is 0 Å². The van der Waals surface area contributed by atoms with Crippen LogP contribution in [0.3, 0.4) is 0 Å². The zero-order valence-electron chi connectivity index (χ0n) is 12.5. The SMILES string of the molecule is CC(C)Oc1ccc(C(C)NCc2ccccc2)cc1. The lowest BCUT2D eigenvalue weighted by atomic mass is 10.1. The summed E-state index contributed by atoms with van der Waals surface area (Å²) in [6, 6.07) is 19.1. The van der Waals surface area contributed by atoms with E-state index in [2.05, 4.69) is 48.6 Å². The van der Waals surface area contributed by atoms with Gasteiger partial charge in [-0.15, -0.1) is 0 Å². The maximum atomic E-state index is 5.66. The van der Waals surface area contributed by atoms with Crippen LogP contribution in [0.15, 0.2) is 54.6 Å². The van der Waals surface area contributed by atoms with Crippen molar-refractivity contribution >= 4 is 0 Å². The Morgan fingerprint density at radius 3 is 2.15 bits per heavy atom. The van der Waals surface area contributed by atoms with Crippen molar-refractivity contribution in [3.05, 3.63) is 65.7 Å². The van der Waals surface area contributed by atoms with Gasteiger partial charge in [0.1, 0.15) is 5.75 Å². The molecule has 1 unspecified atom stereocenters. The molecule has 0 spiro atoms. The normalized spacial score (nSPS) is 12.4. The van der Waals surface area contributed by atoms with Gasteiger partial charge in [-0.2, -0.15) is 0 Å². The van der Waals surface area contributed by atoms with Crippen molar-refractivity contribution in [2.75, 3.05) is 0 Å². The predicted molar refractivity (Wildman–Crippen MR) is 83.9 cm³/mol. The molecule has 2 aromatic rings. The van der Waals surface area contributed by atoms with Crippen LogP contribution < -0.4 is 10.1 Å². The third-order valence-electron chi connectivity index (χ3n) is 3.21. The molecule has 0 amide bonds. The zero-order valence-corrected chi connectivity index (χ0v) is 12.5. The van der Waals surface area contributed by atoms with Gasteiger partial charge in [-0.1, -0.05) is 42.5 Å². The van der Waals surface area contributed by atoms with E-state index < -0.39 is 0 Å². The molecule has 0 bridgehead atoms. The predicted octanol–water partition coefficient (Wildman–Crippen LogP) is 4.32. The van der Waals surface area contributed by atoms with Gasteiger partial charge >= 0.3 is 0 Å². The molecule has 2 aromatic carbocycles. The molecule has 0 fully saturated rings. The molecular weight excluding hydrogens is 246 g/mol. The minimum absolute atomic E-state index is 0.217. The first-order valence-corrected chi connectivity index (χ1v) is 7.19. The van der Waals surface area contributed by atoms with Crippen molar-refractivity contribution in [2.24, 2.45) is 0 Å². The molecule has 0 saturated carbocycles. The van der Waals surface area contributed by atoms with Crippen LogP contribution in [0.1, 0.15) is 37.9 Å². The lowest BCUT2D eigenvalue weighted by Gasteiger charge is -2.16. The highest BCUT2D eigenvalue weighted by atomic mass is 16.5. The minimum Gasteiger partial charge on any atom is -0.491 e. The summed E-state index contributed by atoms with van der Waals surface area (Å²) in [5.74, 6) is 0.930. The molecule has 0 aliphatic rings. The minimum atomic E-state index is 0.217. The van der Waals surface area contributed by atoms with Crippen molar-refractivity contribution in [1.29, 1.82) is 0 Å². The summed E-state index contributed by atoms with van der Waals surface area (Å²) < 4.78 is 5.66. The Kier molecular flexibility index (Phi) is 5.19. The molecule has 106 valence electrons. The number of hydrogen-bond acceptors (Lipinski definition) is 2. The molecule has 0 heterocycles. The van der Waals surface area contributed by atoms with Gasteiger partial charge < -0.3 is 10.1 Å². The van der Waals surface area contributed by atoms with Crippen molar-refractivity contribution < 1.29 is 4.74 Å². The lowest BCUT2D eigenvalue weighted by Crippen LogP contribution is -2.18. The fourth-order valence-electron chi connectivity index (χ4n) is 2.09. The highest BCUT2D eigenvalue weighted by Gasteiger charge is 2.05. The van der Waals surface area contributed by atoms with Crippen LogP contribution >= 0.6 is 0 Å². The smallest absolute Gasteiger partial charge is 0.119 e. The van der Waals surface area contributed by atoms with E-state index in [9.17, 15) is 0 Å². The summed E-state index contributed by atoms with van der Waals surface area (Å²) >= 11 is 0. The fourth-order valence-corrected chi connectivity index (χ4v) is 2.09. The summed E-state index contributed by atoms with van der Waals surface area (Å²) in [6.07, 6.45) is 0.217. The Hall–Kier alpha value is -1.80. The summed E-state index contributed by atoms with van der Waals surface area (Å²) in [5, 5.41) is 3.53. The summed E-state index contributed by atoms with van der Waals surface area (Å²) in [6.45, 7) is 7.14. The second-order valence-electron chi connectivity index (χ2n) is 5.32. The van der Waals surface area contributed by atoms with Crippen LogP contribution in [-0.4, -0.2) is 6.10 Å². The third kappa shape index (κ3) is 4.39. The second-order valence-corrected chi connectivity index (χ2v) is 5.32. The van der Waals surface area contributed by atoms with E-state index in [1.165, 1.54) is 11.1 Å². The Morgan fingerprint density at radius 2 is 1.55 bits per heavy atom. The van der Waals surface area contributed by atoms with Crippen LogP contribution in [0.4, 0.5) is 0 Å². The standard InChI is InChI=1S/C18H23NO/c1-14(2)20-18-11-9-17(10-12-18)15(3)19-13-16-7-5-4-6-8-16/h4-12,14-15,19H,13H2,1-3H3. The van der Waals surface area contributed by atoms with Gasteiger partial charge in [0.25, 0.3) is 0 Å². The Morgan fingerprint density at radius 1 is 0.900 bits per heavy atom. The van der Waals surface area contributed by atoms with Gasteiger partial charge in [0.15, 0.2) is 0 Å². The number of rotatable bonds is 6. The summed E-state index contributed by atoms with van der Waals surface area (Å²) in [4.78, 5) is 0. The summed E-state index contributed by atoms with van der Waals surface area (Å²) in [7, 11) is 0. The number of nitrogens with one attached hydrogen (secondary N) is 1. The number of ether oxygens (including phenoxy) is 1. The summed E-state index contributed by atoms with van der Waals surface area (Å²) in [5.41, 5.74) is 2.58. The van der Waals surface area contributed by atoms with Crippen molar-refractivity contribution in [1.82, 2.24) is 5.32 Å². The Balaban J connectivity index is 1.90. The molecule has 2 nitrogen and oxygen atoms in total. The van der Waals surface area contributed by atoms with E-state index in [0.717, 1.165) is 12.3 Å². The molecule has 2 heteroatoms. The van der Waals surface area contributed by atoms with Crippen LogP contribution in [0, 0.1) is 0 Å². The topological polar surface area (TPSA) is 21.3 Å². The van der Waals surface area contributed by atoms with Crippen LogP contribution in [-0.2, 0) is 6.54 Å². The van der Waals surface area contributed by atoms with Crippen LogP contribution in [0.25, 0.3) is 0 Å². The molecular formula is C18H23NO. The van der Waals surface area contributed by atoms with Gasteiger partial charge in [-0.25, -0.2) is 0 Å². The number of benzene rings is 2. The van der Waals surface area contributed by atoms with E-state index >= 15 is 0 Å². The Labute approximate surface area is 121 Å². The van der Waals surface area contributed by atoms with E-state index in [-0.39, 0.29) is 6.10 Å². The molecule has 1 N–H and O–H groups in total. The van der Waals surface area contributed by atoms with Gasteiger partial charge in [0.2, 0.25) is 0 Å². The quantitative estimate of drug-likeness (QED) is 0.843. The maximum absolute atomic E-state index is 5.66. The maximum Gasteiger partial charge on any atom is 0.119 e. The molecule has 1 atom stereocenters. The first-order valence-electron chi connectivity index (χ1n) is 7.19. The molecule has 2 rings (SSSR count). The molecule has 0 aliphatic carbocycles. The fraction of sp³-hybridized carbons (Fsp3) is 0.333. The number of hydrogen-bond donors (Lipinski definition) is 1. The monoisotopic (exact) mass is 269 g/mol. The van der Waals surface area contributed by atoms with Gasteiger partial charge in [-0.3, -0.25) is 0 Å². The first kappa shape index (κ1) is 14.6. The van der Waals surface area contributed by atoms with Crippen LogP contribution in [0.5, 0.6) is 5.75 Å². The molecule has 20 heavy (non-hydrogen) atoms. The average Bonchev–Trinajstić information content (AvgIpc) is 2.46.